The predicted molar refractivity (Wildman–Crippen MR) is 108 cm³/mol. The lowest BCUT2D eigenvalue weighted by Gasteiger charge is -2.34. The maximum atomic E-state index is 12.8. The van der Waals surface area contributed by atoms with Crippen molar-refractivity contribution in [1.82, 2.24) is 15.5 Å². The first-order valence-corrected chi connectivity index (χ1v) is 9.95. The number of likely N-dealkylation sites (tertiary alicyclic amines) is 1. The van der Waals surface area contributed by atoms with E-state index < -0.39 is 12.0 Å². The zero-order valence-electron chi connectivity index (χ0n) is 16.9. The lowest BCUT2D eigenvalue weighted by molar-refractivity contribution is -0.139. The van der Waals surface area contributed by atoms with Gasteiger partial charge in [-0.1, -0.05) is 29.8 Å². The third kappa shape index (κ3) is 4.95. The van der Waals surface area contributed by atoms with Crippen molar-refractivity contribution in [3.8, 4) is 0 Å². The predicted octanol–water partition coefficient (Wildman–Crippen LogP) is 1.36. The highest BCUT2D eigenvalue weighted by Crippen LogP contribution is 2.29. The third-order valence-electron chi connectivity index (χ3n) is 5.43. The summed E-state index contributed by atoms with van der Waals surface area (Å²) in [6.07, 6.45) is 1.34. The topological polar surface area (TPSA) is 114 Å². The minimum Gasteiger partial charge on any atom is -0.463 e. The van der Waals surface area contributed by atoms with Crippen LogP contribution in [0.25, 0.3) is 0 Å². The SMILES string of the molecule is CCOC(=O)C1=C(CN2CCC(C(N)=O)CC2)NC(=O)NC1c1ccc(C)cc1. The number of rotatable bonds is 6. The van der Waals surface area contributed by atoms with Gasteiger partial charge < -0.3 is 21.1 Å². The molecule has 156 valence electrons. The van der Waals surface area contributed by atoms with Gasteiger partial charge in [0.1, 0.15) is 0 Å². The van der Waals surface area contributed by atoms with Crippen LogP contribution >= 0.6 is 0 Å². The molecule has 1 saturated heterocycles. The van der Waals surface area contributed by atoms with Crippen molar-refractivity contribution in [2.24, 2.45) is 11.7 Å². The molecule has 0 bridgehead atoms. The second kappa shape index (κ2) is 9.09. The van der Waals surface area contributed by atoms with Crippen molar-refractivity contribution in [2.45, 2.75) is 32.7 Å². The first kappa shape index (κ1) is 20.9. The molecule has 1 aromatic rings. The lowest BCUT2D eigenvalue weighted by Crippen LogP contribution is -2.49. The molecule has 0 radical (unpaired) electrons. The van der Waals surface area contributed by atoms with Gasteiger partial charge in [-0.25, -0.2) is 9.59 Å². The van der Waals surface area contributed by atoms with E-state index in [4.69, 9.17) is 10.5 Å². The average Bonchev–Trinajstić information content (AvgIpc) is 2.68. The summed E-state index contributed by atoms with van der Waals surface area (Å²) in [6.45, 7) is 5.72. The highest BCUT2D eigenvalue weighted by molar-refractivity contribution is 5.95. The fraction of sp³-hybridized carbons (Fsp3) is 0.476. The maximum Gasteiger partial charge on any atom is 0.338 e. The van der Waals surface area contributed by atoms with Crippen molar-refractivity contribution in [2.75, 3.05) is 26.2 Å². The third-order valence-corrected chi connectivity index (χ3v) is 5.43. The quantitative estimate of drug-likeness (QED) is 0.624. The summed E-state index contributed by atoms with van der Waals surface area (Å²) in [7, 11) is 0. The Hall–Kier alpha value is -2.87. The second-order valence-electron chi connectivity index (χ2n) is 7.51. The molecular formula is C21H28N4O4. The van der Waals surface area contributed by atoms with Gasteiger partial charge in [0, 0.05) is 18.2 Å². The molecule has 1 aromatic carbocycles. The van der Waals surface area contributed by atoms with Crippen LogP contribution in [-0.2, 0) is 14.3 Å². The summed E-state index contributed by atoms with van der Waals surface area (Å²) >= 11 is 0. The van der Waals surface area contributed by atoms with E-state index in [0.29, 0.717) is 43.7 Å². The van der Waals surface area contributed by atoms with E-state index in [9.17, 15) is 14.4 Å². The number of nitrogens with one attached hydrogen (secondary N) is 2. The fourth-order valence-corrected chi connectivity index (χ4v) is 3.80. The number of ether oxygens (including phenoxy) is 1. The number of primary amides is 1. The number of hydrogen-bond donors (Lipinski definition) is 3. The Bertz CT molecular complexity index is 810. The smallest absolute Gasteiger partial charge is 0.338 e. The number of urea groups is 1. The normalized spacial score (nSPS) is 20.8. The van der Waals surface area contributed by atoms with Crippen LogP contribution in [0.1, 0.15) is 36.9 Å². The Balaban J connectivity index is 1.89. The fourth-order valence-electron chi connectivity index (χ4n) is 3.80. The number of nitrogens with two attached hydrogens (primary N) is 1. The molecule has 3 amide bonds. The molecule has 8 heteroatoms. The first-order valence-electron chi connectivity index (χ1n) is 9.95. The number of nitrogens with zero attached hydrogens (tertiary/aromatic N) is 1. The zero-order chi connectivity index (χ0) is 21.0. The summed E-state index contributed by atoms with van der Waals surface area (Å²) in [5, 5.41) is 5.64. The van der Waals surface area contributed by atoms with E-state index in [-0.39, 0.29) is 24.5 Å². The van der Waals surface area contributed by atoms with Crippen molar-refractivity contribution >= 4 is 17.9 Å². The Morgan fingerprint density at radius 3 is 2.45 bits per heavy atom. The van der Waals surface area contributed by atoms with Crippen LogP contribution in [0.5, 0.6) is 0 Å². The second-order valence-corrected chi connectivity index (χ2v) is 7.51. The van der Waals surface area contributed by atoms with E-state index in [1.54, 1.807) is 6.92 Å². The summed E-state index contributed by atoms with van der Waals surface area (Å²) in [5.74, 6) is -0.842. The van der Waals surface area contributed by atoms with Gasteiger partial charge in [0.2, 0.25) is 5.91 Å². The van der Waals surface area contributed by atoms with Crippen molar-refractivity contribution in [1.29, 1.82) is 0 Å². The molecule has 1 unspecified atom stereocenters. The maximum absolute atomic E-state index is 12.8. The lowest BCUT2D eigenvalue weighted by atomic mass is 9.93. The van der Waals surface area contributed by atoms with E-state index >= 15 is 0 Å². The monoisotopic (exact) mass is 400 g/mol. The molecule has 8 nitrogen and oxygen atoms in total. The summed E-state index contributed by atoms with van der Waals surface area (Å²) in [4.78, 5) is 38.7. The molecule has 1 atom stereocenters. The van der Waals surface area contributed by atoms with Gasteiger partial charge >= 0.3 is 12.0 Å². The molecule has 2 aliphatic rings. The Morgan fingerprint density at radius 1 is 1.21 bits per heavy atom. The van der Waals surface area contributed by atoms with E-state index in [2.05, 4.69) is 15.5 Å². The molecule has 2 heterocycles. The van der Waals surface area contributed by atoms with Gasteiger partial charge in [0.15, 0.2) is 0 Å². The van der Waals surface area contributed by atoms with E-state index in [0.717, 1.165) is 11.1 Å². The van der Waals surface area contributed by atoms with Crippen molar-refractivity contribution in [3.05, 3.63) is 46.7 Å². The van der Waals surface area contributed by atoms with Gasteiger partial charge in [0.25, 0.3) is 0 Å². The Morgan fingerprint density at radius 2 is 1.86 bits per heavy atom. The molecule has 29 heavy (non-hydrogen) atoms. The van der Waals surface area contributed by atoms with Gasteiger partial charge in [0.05, 0.1) is 18.2 Å². The van der Waals surface area contributed by atoms with Crippen molar-refractivity contribution in [3.63, 3.8) is 0 Å². The van der Waals surface area contributed by atoms with Crippen LogP contribution in [0.4, 0.5) is 4.79 Å². The standard InChI is InChI=1S/C21H28N4O4/c1-3-29-20(27)17-16(12-25-10-8-15(9-11-25)19(22)26)23-21(28)24-18(17)14-6-4-13(2)5-7-14/h4-7,15,18H,3,8-12H2,1-2H3,(H2,22,26)(H2,23,24,28). The van der Waals surface area contributed by atoms with Crippen LogP contribution in [0.15, 0.2) is 35.5 Å². The van der Waals surface area contributed by atoms with Gasteiger partial charge in [-0.3, -0.25) is 9.69 Å². The van der Waals surface area contributed by atoms with Crippen LogP contribution in [0.3, 0.4) is 0 Å². The average molecular weight is 400 g/mol. The van der Waals surface area contributed by atoms with E-state index in [1.165, 1.54) is 0 Å². The summed E-state index contributed by atoms with van der Waals surface area (Å²) in [6, 6.07) is 6.76. The molecule has 0 saturated carbocycles. The van der Waals surface area contributed by atoms with E-state index in [1.807, 2.05) is 31.2 Å². The number of carbonyl (C=O) groups excluding carboxylic acids is 3. The summed E-state index contributed by atoms with van der Waals surface area (Å²) < 4.78 is 5.29. The minimum atomic E-state index is -0.582. The Labute approximate surface area is 170 Å². The zero-order valence-corrected chi connectivity index (χ0v) is 16.9. The highest BCUT2D eigenvalue weighted by Gasteiger charge is 2.35. The molecule has 4 N–H and O–H groups in total. The molecule has 3 rings (SSSR count). The van der Waals surface area contributed by atoms with Crippen LogP contribution in [-0.4, -0.2) is 49.0 Å². The molecule has 2 aliphatic heterocycles. The number of piperidine rings is 1. The molecule has 0 aromatic heterocycles. The van der Waals surface area contributed by atoms with Gasteiger partial charge in [-0.15, -0.1) is 0 Å². The number of aryl methyl sites for hydroxylation is 1. The summed E-state index contributed by atoms with van der Waals surface area (Å²) in [5.41, 5.74) is 8.27. The number of benzene rings is 1. The number of esters is 1. The van der Waals surface area contributed by atoms with Gasteiger partial charge in [-0.2, -0.15) is 0 Å². The molecule has 0 aliphatic carbocycles. The van der Waals surface area contributed by atoms with Crippen LogP contribution in [0.2, 0.25) is 0 Å². The minimum absolute atomic E-state index is 0.118. The Kier molecular flexibility index (Phi) is 6.53. The number of amides is 3. The number of hydrogen-bond acceptors (Lipinski definition) is 5. The van der Waals surface area contributed by atoms with Crippen LogP contribution < -0.4 is 16.4 Å². The molecule has 0 spiro atoms. The largest absolute Gasteiger partial charge is 0.463 e. The molecular weight excluding hydrogens is 372 g/mol. The van der Waals surface area contributed by atoms with Crippen molar-refractivity contribution < 1.29 is 19.1 Å². The molecule has 1 fully saturated rings. The van der Waals surface area contributed by atoms with Crippen LogP contribution in [0, 0.1) is 12.8 Å². The first-order chi connectivity index (χ1) is 13.9. The number of carbonyl (C=O) groups is 3. The van der Waals surface area contributed by atoms with Gasteiger partial charge in [-0.05, 0) is 45.3 Å². The highest BCUT2D eigenvalue weighted by atomic mass is 16.5.